The number of hydrogen-bond donors (Lipinski definition) is 3. The fraction of sp³-hybridized carbons (Fsp3) is 0.333. The maximum absolute atomic E-state index is 13.2. The summed E-state index contributed by atoms with van der Waals surface area (Å²) in [4.78, 5) is 27.3. The molecule has 0 aliphatic carbocycles. The second kappa shape index (κ2) is 9.88. The zero-order chi connectivity index (χ0) is 20.6. The number of rotatable bonds is 7. The Labute approximate surface area is 169 Å². The van der Waals surface area contributed by atoms with Crippen LogP contribution in [0.2, 0.25) is 0 Å². The predicted molar refractivity (Wildman–Crippen MR) is 107 cm³/mol. The van der Waals surface area contributed by atoms with Crippen molar-refractivity contribution >= 4 is 17.5 Å². The molecule has 0 unspecified atom stereocenters. The highest BCUT2D eigenvalue weighted by molar-refractivity contribution is 6.35. The summed E-state index contributed by atoms with van der Waals surface area (Å²) in [6, 6.07) is 10.1. The number of quaternary nitrogens is 1. The number of hydrogen-bond acceptors (Lipinski definition) is 4. The van der Waals surface area contributed by atoms with Gasteiger partial charge in [-0.15, -0.1) is 6.58 Å². The van der Waals surface area contributed by atoms with Gasteiger partial charge in [-0.3, -0.25) is 9.59 Å². The molecule has 1 aliphatic rings. The molecule has 29 heavy (non-hydrogen) atoms. The molecule has 8 heteroatoms. The van der Waals surface area contributed by atoms with Gasteiger partial charge in [0.1, 0.15) is 5.82 Å². The van der Waals surface area contributed by atoms with Crippen molar-refractivity contribution in [3.8, 4) is 0 Å². The Bertz CT molecular complexity index is 815. The third-order valence-corrected chi connectivity index (χ3v) is 5.06. The van der Waals surface area contributed by atoms with Crippen LogP contribution in [0.25, 0.3) is 0 Å². The second-order valence-corrected chi connectivity index (χ2v) is 6.90. The Morgan fingerprint density at radius 2 is 1.86 bits per heavy atom. The van der Waals surface area contributed by atoms with Crippen molar-refractivity contribution in [2.45, 2.75) is 6.04 Å². The van der Waals surface area contributed by atoms with E-state index in [4.69, 9.17) is 4.42 Å². The number of benzene rings is 1. The van der Waals surface area contributed by atoms with Crippen LogP contribution in [0.15, 0.2) is 59.7 Å². The largest absolute Gasteiger partial charge is 0.463 e. The van der Waals surface area contributed by atoms with Crippen LogP contribution < -0.4 is 20.4 Å². The number of anilines is 1. The van der Waals surface area contributed by atoms with Crippen LogP contribution in [-0.2, 0) is 9.59 Å². The van der Waals surface area contributed by atoms with Crippen LogP contribution in [0.4, 0.5) is 10.1 Å². The smallest absolute Gasteiger partial charge is 0.309 e. The van der Waals surface area contributed by atoms with Crippen molar-refractivity contribution in [2.24, 2.45) is 0 Å². The molecule has 1 atom stereocenters. The van der Waals surface area contributed by atoms with E-state index in [1.165, 1.54) is 23.1 Å². The number of nitrogens with one attached hydrogen (secondary N) is 3. The number of piperazine rings is 1. The number of furan rings is 1. The molecule has 3 rings (SSSR count). The van der Waals surface area contributed by atoms with Crippen LogP contribution in [0.5, 0.6) is 0 Å². The molecule has 0 bridgehead atoms. The minimum absolute atomic E-state index is 0.100. The van der Waals surface area contributed by atoms with Gasteiger partial charge in [0.2, 0.25) is 0 Å². The lowest BCUT2D eigenvalue weighted by molar-refractivity contribution is -0.932. The molecule has 0 radical (unpaired) electrons. The van der Waals surface area contributed by atoms with Gasteiger partial charge in [0.25, 0.3) is 0 Å². The SMILES string of the molecule is C=CCNC(=O)C(=O)NC[C@@H](c1ccco1)[NH+]1CCN(c2ccc(F)cc2)CC1. The minimum Gasteiger partial charge on any atom is -0.463 e. The summed E-state index contributed by atoms with van der Waals surface area (Å²) < 4.78 is 18.7. The lowest BCUT2D eigenvalue weighted by atomic mass is 10.1. The Morgan fingerprint density at radius 1 is 1.17 bits per heavy atom. The number of nitrogens with zero attached hydrogens (tertiary/aromatic N) is 1. The third kappa shape index (κ3) is 5.45. The maximum Gasteiger partial charge on any atom is 0.309 e. The normalized spacial score (nSPS) is 15.6. The van der Waals surface area contributed by atoms with Gasteiger partial charge in [0.15, 0.2) is 11.8 Å². The average molecular weight is 401 g/mol. The first-order valence-corrected chi connectivity index (χ1v) is 9.64. The molecular formula is C21H26FN4O3+. The molecule has 7 nitrogen and oxygen atoms in total. The van der Waals surface area contributed by atoms with Gasteiger partial charge in [0, 0.05) is 12.2 Å². The third-order valence-electron chi connectivity index (χ3n) is 5.06. The van der Waals surface area contributed by atoms with Crippen molar-refractivity contribution in [1.82, 2.24) is 10.6 Å². The summed E-state index contributed by atoms with van der Waals surface area (Å²) in [6.07, 6.45) is 3.12. The first-order valence-electron chi connectivity index (χ1n) is 9.64. The molecule has 154 valence electrons. The highest BCUT2D eigenvalue weighted by Gasteiger charge is 2.31. The Morgan fingerprint density at radius 3 is 2.48 bits per heavy atom. The van der Waals surface area contributed by atoms with Gasteiger partial charge in [-0.05, 0) is 36.4 Å². The summed E-state index contributed by atoms with van der Waals surface area (Å²) in [5, 5.41) is 5.17. The zero-order valence-corrected chi connectivity index (χ0v) is 16.2. The first-order chi connectivity index (χ1) is 14.1. The summed E-state index contributed by atoms with van der Waals surface area (Å²) >= 11 is 0. The van der Waals surface area contributed by atoms with Crippen molar-refractivity contribution < 1.29 is 23.3 Å². The highest BCUT2D eigenvalue weighted by atomic mass is 19.1. The van der Waals surface area contributed by atoms with Crippen molar-refractivity contribution in [2.75, 3.05) is 44.2 Å². The van der Waals surface area contributed by atoms with E-state index in [0.717, 1.165) is 37.6 Å². The van der Waals surface area contributed by atoms with Gasteiger partial charge in [-0.1, -0.05) is 6.08 Å². The molecule has 2 heterocycles. The van der Waals surface area contributed by atoms with Gasteiger partial charge >= 0.3 is 11.8 Å². The van der Waals surface area contributed by atoms with Gasteiger partial charge in [0.05, 0.1) is 39.0 Å². The number of amides is 2. The van der Waals surface area contributed by atoms with Crippen molar-refractivity contribution in [1.29, 1.82) is 0 Å². The average Bonchev–Trinajstić information content (AvgIpc) is 3.27. The predicted octanol–water partition coefficient (Wildman–Crippen LogP) is 0.283. The highest BCUT2D eigenvalue weighted by Crippen LogP contribution is 2.16. The molecule has 0 saturated carbocycles. The molecule has 3 N–H and O–H groups in total. The molecule has 1 fully saturated rings. The number of halogens is 1. The van der Waals surface area contributed by atoms with Crippen molar-refractivity contribution in [3.05, 3.63) is 66.9 Å². The summed E-state index contributed by atoms with van der Waals surface area (Å²) in [6.45, 7) is 7.28. The zero-order valence-electron chi connectivity index (χ0n) is 16.2. The standard InChI is InChI=1S/C21H25FN4O3/c1-2-9-23-20(27)21(28)24-15-18(19-4-3-14-29-19)26-12-10-25(11-13-26)17-7-5-16(22)6-8-17/h2-8,14,18H,1,9-13,15H2,(H,23,27)(H,24,28)/p+1/t18-/m0/s1. The monoisotopic (exact) mass is 401 g/mol. The van der Waals surface area contributed by atoms with E-state index in [9.17, 15) is 14.0 Å². The van der Waals surface area contributed by atoms with Crippen LogP contribution in [-0.4, -0.2) is 51.1 Å². The number of carbonyl (C=O) groups excluding carboxylic acids is 2. The Kier molecular flexibility index (Phi) is 7.02. The molecule has 1 aliphatic heterocycles. The molecule has 1 aromatic heterocycles. The van der Waals surface area contributed by atoms with E-state index in [0.29, 0.717) is 6.54 Å². The topological polar surface area (TPSA) is 79.0 Å². The quantitative estimate of drug-likeness (QED) is 0.460. The van der Waals surface area contributed by atoms with E-state index in [-0.39, 0.29) is 18.4 Å². The summed E-state index contributed by atoms with van der Waals surface area (Å²) in [5.41, 5.74) is 0.993. The van der Waals surface area contributed by atoms with Gasteiger partial charge < -0.3 is 24.9 Å². The molecule has 1 aromatic carbocycles. The Hall–Kier alpha value is -3.13. The molecule has 0 spiro atoms. The van der Waals surface area contributed by atoms with E-state index < -0.39 is 11.8 Å². The number of carbonyl (C=O) groups is 2. The molecule has 1 saturated heterocycles. The molecule has 2 amide bonds. The summed E-state index contributed by atoms with van der Waals surface area (Å²) in [7, 11) is 0. The maximum atomic E-state index is 13.2. The van der Waals surface area contributed by atoms with E-state index in [1.54, 1.807) is 18.4 Å². The first kappa shape index (κ1) is 20.6. The lowest BCUT2D eigenvalue weighted by Gasteiger charge is -2.37. The summed E-state index contributed by atoms with van der Waals surface area (Å²) in [5.74, 6) is -0.835. The van der Waals surface area contributed by atoms with E-state index in [2.05, 4.69) is 22.1 Å². The fourth-order valence-corrected chi connectivity index (χ4v) is 3.51. The fourth-order valence-electron chi connectivity index (χ4n) is 3.51. The van der Waals surface area contributed by atoms with Gasteiger partial charge in [-0.2, -0.15) is 0 Å². The van der Waals surface area contributed by atoms with Crippen LogP contribution >= 0.6 is 0 Å². The lowest BCUT2D eigenvalue weighted by Crippen LogP contribution is -3.15. The second-order valence-electron chi connectivity index (χ2n) is 6.90. The van der Waals surface area contributed by atoms with Crippen LogP contribution in [0.3, 0.4) is 0 Å². The van der Waals surface area contributed by atoms with Gasteiger partial charge in [-0.25, -0.2) is 4.39 Å². The van der Waals surface area contributed by atoms with E-state index >= 15 is 0 Å². The molecular weight excluding hydrogens is 375 g/mol. The minimum atomic E-state index is -0.681. The van der Waals surface area contributed by atoms with Crippen LogP contribution in [0.1, 0.15) is 11.8 Å². The van der Waals surface area contributed by atoms with Crippen LogP contribution in [0, 0.1) is 5.82 Å². The molecule has 2 aromatic rings. The van der Waals surface area contributed by atoms with E-state index in [1.807, 2.05) is 12.1 Å². The Balaban J connectivity index is 1.60. The van der Waals surface area contributed by atoms with Crippen molar-refractivity contribution in [3.63, 3.8) is 0 Å².